The number of aromatic amines is 1. The predicted octanol–water partition coefficient (Wildman–Crippen LogP) is 3.82. The average molecular weight is 380 g/mol. The highest BCUT2D eigenvalue weighted by molar-refractivity contribution is 7.71. The lowest BCUT2D eigenvalue weighted by Crippen LogP contribution is -2.30. The molecule has 0 spiro atoms. The molecule has 0 aliphatic carbocycles. The highest BCUT2D eigenvalue weighted by atomic mass is 32.1. The van der Waals surface area contributed by atoms with E-state index in [1.165, 1.54) is 17.4 Å². The van der Waals surface area contributed by atoms with Gasteiger partial charge in [0, 0.05) is 0 Å². The number of hydrogen-bond donors (Lipinski definition) is 2. The minimum absolute atomic E-state index is 0.0312. The number of H-pyrrole nitrogens is 1. The third-order valence-electron chi connectivity index (χ3n) is 3.62. The second-order valence-corrected chi connectivity index (χ2v) is 6.71. The zero-order chi connectivity index (χ0) is 18.0. The molecule has 0 radical (unpaired) electrons. The summed E-state index contributed by atoms with van der Waals surface area (Å²) in [6.07, 6.45) is 0. The van der Waals surface area contributed by atoms with Crippen LogP contribution in [0.3, 0.4) is 0 Å². The number of rotatable bonds is 5. The van der Waals surface area contributed by atoms with Gasteiger partial charge < -0.3 is 5.32 Å². The highest BCUT2D eigenvalue weighted by Crippen LogP contribution is 2.23. The quantitative estimate of drug-likeness (QED) is 0.662. The molecule has 0 saturated carbocycles. The van der Waals surface area contributed by atoms with E-state index in [4.69, 9.17) is 12.2 Å². The predicted molar refractivity (Wildman–Crippen MR) is 93.6 cm³/mol. The number of thiophene rings is 1. The molecule has 2 N–H and O–H groups in total. The third kappa shape index (κ3) is 3.83. The van der Waals surface area contributed by atoms with Crippen LogP contribution in [0.2, 0.25) is 0 Å². The molecule has 5 nitrogen and oxygen atoms in total. The molecule has 25 heavy (non-hydrogen) atoms. The smallest absolute Gasteiger partial charge is 0.240 e. The van der Waals surface area contributed by atoms with Gasteiger partial charge in [-0.25, -0.2) is 8.78 Å². The standard InChI is InChI=1S/C16H14F2N4OS2/c1-9(10-4-5-11(17)12(18)7-10)19-14(23)8-22-15(20-21-16(22)24)13-3-2-6-25-13/h2-7,9H,8H2,1H3,(H,19,23)(H,21,24)/t9-/m0/s1. The number of halogens is 2. The Labute approximate surface area is 151 Å². The highest BCUT2D eigenvalue weighted by Gasteiger charge is 2.16. The summed E-state index contributed by atoms with van der Waals surface area (Å²) >= 11 is 6.67. The summed E-state index contributed by atoms with van der Waals surface area (Å²) in [6, 6.07) is 6.83. The van der Waals surface area contributed by atoms with Crippen molar-refractivity contribution in [1.29, 1.82) is 0 Å². The Hall–Kier alpha value is -2.39. The zero-order valence-corrected chi connectivity index (χ0v) is 14.8. The third-order valence-corrected chi connectivity index (χ3v) is 4.80. The molecule has 1 aromatic carbocycles. The zero-order valence-electron chi connectivity index (χ0n) is 13.1. The Morgan fingerprint density at radius 1 is 1.40 bits per heavy atom. The van der Waals surface area contributed by atoms with Crippen LogP contribution in [0.1, 0.15) is 18.5 Å². The van der Waals surface area contributed by atoms with Crippen LogP contribution < -0.4 is 5.32 Å². The van der Waals surface area contributed by atoms with E-state index in [0.29, 0.717) is 16.2 Å². The molecule has 0 bridgehead atoms. The first-order valence-corrected chi connectivity index (χ1v) is 8.68. The fraction of sp³-hybridized carbons (Fsp3) is 0.188. The minimum atomic E-state index is -0.948. The van der Waals surface area contributed by atoms with Crippen molar-refractivity contribution in [3.63, 3.8) is 0 Å². The molecule has 0 unspecified atom stereocenters. The van der Waals surface area contributed by atoms with E-state index in [1.807, 2.05) is 17.5 Å². The maximum Gasteiger partial charge on any atom is 0.240 e. The second kappa shape index (κ2) is 7.24. The molecule has 0 fully saturated rings. The number of carbonyl (C=O) groups excluding carboxylic acids is 1. The Morgan fingerprint density at radius 2 is 2.20 bits per heavy atom. The first-order chi connectivity index (χ1) is 12.0. The maximum atomic E-state index is 13.3. The molecule has 3 aromatic rings. The van der Waals surface area contributed by atoms with E-state index in [-0.39, 0.29) is 12.5 Å². The van der Waals surface area contributed by atoms with Crippen molar-refractivity contribution >= 4 is 29.5 Å². The van der Waals surface area contributed by atoms with E-state index < -0.39 is 17.7 Å². The molecule has 0 aliphatic rings. The van der Waals surface area contributed by atoms with Gasteiger partial charge in [0.15, 0.2) is 22.2 Å². The topological polar surface area (TPSA) is 62.7 Å². The molecular formula is C16H14F2N4OS2. The number of hydrogen-bond acceptors (Lipinski definition) is 4. The molecule has 0 saturated heterocycles. The van der Waals surface area contributed by atoms with Gasteiger partial charge in [-0.3, -0.25) is 14.5 Å². The molecule has 9 heteroatoms. The van der Waals surface area contributed by atoms with Crippen LogP contribution >= 0.6 is 23.6 Å². The molecule has 130 valence electrons. The van der Waals surface area contributed by atoms with Crippen molar-refractivity contribution in [2.24, 2.45) is 0 Å². The Balaban J connectivity index is 1.74. The van der Waals surface area contributed by atoms with Crippen LogP contribution in [0.5, 0.6) is 0 Å². The van der Waals surface area contributed by atoms with Crippen molar-refractivity contribution in [2.75, 3.05) is 0 Å². The van der Waals surface area contributed by atoms with Gasteiger partial charge in [-0.15, -0.1) is 11.3 Å². The largest absolute Gasteiger partial charge is 0.348 e. The average Bonchev–Trinajstić information content (AvgIpc) is 3.21. The summed E-state index contributed by atoms with van der Waals surface area (Å²) in [7, 11) is 0. The van der Waals surface area contributed by atoms with Crippen molar-refractivity contribution in [3.8, 4) is 10.7 Å². The van der Waals surface area contributed by atoms with Crippen molar-refractivity contribution < 1.29 is 13.6 Å². The lowest BCUT2D eigenvalue weighted by Gasteiger charge is -2.15. The SMILES string of the molecule is C[C@H](NC(=O)Cn1c(-c2cccs2)n[nH]c1=S)c1ccc(F)c(F)c1. The fourth-order valence-corrected chi connectivity index (χ4v) is 3.27. The normalized spacial score (nSPS) is 12.1. The van der Waals surface area contributed by atoms with Crippen LogP contribution in [-0.2, 0) is 11.3 Å². The van der Waals surface area contributed by atoms with Gasteiger partial charge in [0.25, 0.3) is 0 Å². The van der Waals surface area contributed by atoms with Gasteiger partial charge in [0.2, 0.25) is 5.91 Å². The number of carbonyl (C=O) groups is 1. The van der Waals surface area contributed by atoms with Crippen LogP contribution in [-0.4, -0.2) is 20.7 Å². The van der Waals surface area contributed by atoms with Crippen LogP contribution in [0.15, 0.2) is 35.7 Å². The maximum absolute atomic E-state index is 13.3. The van der Waals surface area contributed by atoms with Crippen LogP contribution in [0.25, 0.3) is 10.7 Å². The molecule has 2 heterocycles. The molecule has 2 aromatic heterocycles. The van der Waals surface area contributed by atoms with Crippen LogP contribution in [0, 0.1) is 16.4 Å². The van der Waals surface area contributed by atoms with E-state index in [0.717, 1.165) is 17.0 Å². The van der Waals surface area contributed by atoms with E-state index in [1.54, 1.807) is 11.5 Å². The van der Waals surface area contributed by atoms with Crippen LogP contribution in [0.4, 0.5) is 8.78 Å². The Morgan fingerprint density at radius 3 is 2.88 bits per heavy atom. The fourth-order valence-electron chi connectivity index (χ4n) is 2.35. The summed E-state index contributed by atoms with van der Waals surface area (Å²) < 4.78 is 28.3. The number of nitrogens with zero attached hydrogens (tertiary/aromatic N) is 2. The summed E-state index contributed by atoms with van der Waals surface area (Å²) in [5.41, 5.74) is 0.474. The van der Waals surface area contributed by atoms with Crippen molar-refractivity contribution in [3.05, 3.63) is 57.7 Å². The Kier molecular flexibility index (Phi) is 5.05. The van der Waals surface area contributed by atoms with Gasteiger partial charge in [-0.1, -0.05) is 12.1 Å². The number of aromatic nitrogens is 3. The second-order valence-electron chi connectivity index (χ2n) is 5.38. The first-order valence-electron chi connectivity index (χ1n) is 7.39. The van der Waals surface area contributed by atoms with Gasteiger partial charge in [0.05, 0.1) is 10.9 Å². The number of benzene rings is 1. The molecule has 3 rings (SSSR count). The summed E-state index contributed by atoms with van der Waals surface area (Å²) in [4.78, 5) is 13.2. The van der Waals surface area contributed by atoms with Crippen molar-refractivity contribution in [2.45, 2.75) is 19.5 Å². The van der Waals surface area contributed by atoms with E-state index in [9.17, 15) is 13.6 Å². The molecule has 1 atom stereocenters. The van der Waals surface area contributed by atoms with Gasteiger partial charge >= 0.3 is 0 Å². The lowest BCUT2D eigenvalue weighted by atomic mass is 10.1. The summed E-state index contributed by atoms with van der Waals surface area (Å²) in [5, 5.41) is 11.5. The monoisotopic (exact) mass is 380 g/mol. The number of amides is 1. The Bertz CT molecular complexity index is 949. The van der Waals surface area contributed by atoms with Gasteiger partial charge in [0.1, 0.15) is 6.54 Å². The molecule has 0 aliphatic heterocycles. The van der Waals surface area contributed by atoms with Gasteiger partial charge in [-0.05, 0) is 48.3 Å². The molecule has 1 amide bonds. The molecular weight excluding hydrogens is 366 g/mol. The first kappa shape index (κ1) is 17.4. The van der Waals surface area contributed by atoms with Gasteiger partial charge in [-0.2, -0.15) is 5.10 Å². The summed E-state index contributed by atoms with van der Waals surface area (Å²) in [6.45, 7) is 1.66. The number of nitrogens with one attached hydrogen (secondary N) is 2. The summed E-state index contributed by atoms with van der Waals surface area (Å²) in [5.74, 6) is -1.61. The van der Waals surface area contributed by atoms with E-state index in [2.05, 4.69) is 15.5 Å². The minimum Gasteiger partial charge on any atom is -0.348 e. The van der Waals surface area contributed by atoms with E-state index >= 15 is 0 Å². The van der Waals surface area contributed by atoms with Crippen molar-refractivity contribution in [1.82, 2.24) is 20.1 Å². The lowest BCUT2D eigenvalue weighted by molar-refractivity contribution is -0.122.